The molecule has 2 N–H and O–H groups in total. The van der Waals surface area contributed by atoms with Gasteiger partial charge in [0.2, 0.25) is 0 Å². The molecule has 0 heterocycles. The van der Waals surface area contributed by atoms with E-state index in [-0.39, 0.29) is 17.3 Å². The number of ketones is 1. The zero-order valence-corrected chi connectivity index (χ0v) is 19.0. The van der Waals surface area contributed by atoms with Crippen LogP contribution >= 0.6 is 0 Å². The third-order valence-corrected chi connectivity index (χ3v) is 5.14. The van der Waals surface area contributed by atoms with Crippen LogP contribution in [0.5, 0.6) is 17.2 Å². The molecule has 0 spiro atoms. The summed E-state index contributed by atoms with van der Waals surface area (Å²) >= 11 is 0. The van der Waals surface area contributed by atoms with E-state index in [1.807, 2.05) is 24.3 Å². The fraction of sp³-hybridized carbons (Fsp3) is 0.214. The maximum atomic E-state index is 12.5. The second kappa shape index (κ2) is 11.7. The van der Waals surface area contributed by atoms with Crippen molar-refractivity contribution in [1.29, 1.82) is 0 Å². The third-order valence-electron chi connectivity index (χ3n) is 5.14. The van der Waals surface area contributed by atoms with Crippen molar-refractivity contribution in [1.82, 2.24) is 0 Å². The van der Waals surface area contributed by atoms with Crippen LogP contribution in [0.3, 0.4) is 0 Å². The van der Waals surface area contributed by atoms with Crippen LogP contribution in [0.1, 0.15) is 54.6 Å². The smallest absolute Gasteiger partial charge is 0.185 e. The predicted octanol–water partition coefficient (Wildman–Crippen LogP) is 6.70. The van der Waals surface area contributed by atoms with Crippen LogP contribution in [-0.2, 0) is 0 Å². The highest BCUT2D eigenvalue weighted by atomic mass is 16.5. The van der Waals surface area contributed by atoms with E-state index in [2.05, 4.69) is 11.9 Å². The van der Waals surface area contributed by atoms with Gasteiger partial charge in [-0.3, -0.25) is 9.79 Å². The highest BCUT2D eigenvalue weighted by Crippen LogP contribution is 2.25. The van der Waals surface area contributed by atoms with Crippen molar-refractivity contribution in [3.63, 3.8) is 0 Å². The van der Waals surface area contributed by atoms with Crippen molar-refractivity contribution in [3.05, 3.63) is 89.5 Å². The zero-order valence-electron chi connectivity index (χ0n) is 19.0. The standard InChI is InChI=1S/C28H29NO4/c1-3-4-5-18-33-25-14-6-21(7-15-25)8-17-27(31)22-9-11-23(12-10-22)29-20(2)26-16-13-24(30)19-28(26)32/h6-17,19,30,32H,3-5,18H2,1-2H3/b17-8+,29-20?. The second-order valence-corrected chi connectivity index (χ2v) is 7.77. The average Bonchev–Trinajstić information content (AvgIpc) is 2.81. The molecule has 0 aromatic heterocycles. The van der Waals surface area contributed by atoms with Crippen LogP contribution in [0, 0.1) is 0 Å². The Morgan fingerprint density at radius 3 is 2.36 bits per heavy atom. The lowest BCUT2D eigenvalue weighted by atomic mass is 10.1. The molecule has 0 unspecified atom stereocenters. The number of phenolic OH excluding ortho intramolecular Hbond substituents is 2. The molecule has 3 rings (SSSR count). The molecule has 5 nitrogen and oxygen atoms in total. The Morgan fingerprint density at radius 1 is 0.970 bits per heavy atom. The van der Waals surface area contributed by atoms with Crippen LogP contribution in [0.2, 0.25) is 0 Å². The molecule has 0 aliphatic carbocycles. The third kappa shape index (κ3) is 7.07. The lowest BCUT2D eigenvalue weighted by Crippen LogP contribution is -1.96. The molecule has 0 aliphatic heterocycles. The number of carbonyl (C=O) groups is 1. The van der Waals surface area contributed by atoms with E-state index < -0.39 is 0 Å². The Labute approximate surface area is 194 Å². The number of hydrogen-bond donors (Lipinski definition) is 2. The Morgan fingerprint density at radius 2 is 1.70 bits per heavy atom. The molecule has 0 saturated heterocycles. The number of aromatic hydroxyl groups is 2. The van der Waals surface area contributed by atoms with E-state index in [1.54, 1.807) is 49.4 Å². The molecule has 3 aromatic rings. The van der Waals surface area contributed by atoms with Gasteiger partial charge in [0, 0.05) is 22.9 Å². The largest absolute Gasteiger partial charge is 0.508 e. The normalized spacial score (nSPS) is 11.6. The van der Waals surface area contributed by atoms with Crippen LogP contribution in [-0.4, -0.2) is 28.3 Å². The average molecular weight is 444 g/mol. The Kier molecular flexibility index (Phi) is 8.42. The predicted molar refractivity (Wildman–Crippen MR) is 133 cm³/mol. The lowest BCUT2D eigenvalue weighted by Gasteiger charge is -2.06. The van der Waals surface area contributed by atoms with E-state index in [0.717, 1.165) is 30.8 Å². The van der Waals surface area contributed by atoms with E-state index in [0.29, 0.717) is 22.5 Å². The minimum absolute atomic E-state index is 0.00773. The molecule has 3 aromatic carbocycles. The van der Waals surface area contributed by atoms with Crippen molar-refractivity contribution in [2.75, 3.05) is 6.61 Å². The molecule has 170 valence electrons. The number of aliphatic imine (C=N–C) groups is 1. The highest BCUT2D eigenvalue weighted by Gasteiger charge is 2.07. The summed E-state index contributed by atoms with van der Waals surface area (Å²) in [7, 11) is 0. The number of ether oxygens (including phenoxy) is 1. The number of phenols is 2. The number of allylic oxidation sites excluding steroid dienone is 1. The molecule has 5 heteroatoms. The lowest BCUT2D eigenvalue weighted by molar-refractivity contribution is 0.104. The van der Waals surface area contributed by atoms with Gasteiger partial charge in [0.05, 0.1) is 12.3 Å². The number of nitrogens with zero attached hydrogens (tertiary/aromatic N) is 1. The maximum Gasteiger partial charge on any atom is 0.185 e. The number of rotatable bonds is 10. The summed E-state index contributed by atoms with van der Waals surface area (Å²) in [4.78, 5) is 17.0. The van der Waals surface area contributed by atoms with E-state index in [1.165, 1.54) is 18.6 Å². The van der Waals surface area contributed by atoms with Gasteiger partial charge in [-0.25, -0.2) is 0 Å². The molecule has 0 atom stereocenters. The molecule has 0 amide bonds. The van der Waals surface area contributed by atoms with Crippen LogP contribution < -0.4 is 4.74 Å². The van der Waals surface area contributed by atoms with Crippen molar-refractivity contribution >= 4 is 23.3 Å². The Bertz CT molecular complexity index is 1130. The van der Waals surface area contributed by atoms with E-state index >= 15 is 0 Å². The molecule has 33 heavy (non-hydrogen) atoms. The first kappa shape index (κ1) is 23.8. The molecular formula is C28H29NO4. The Hall–Kier alpha value is -3.86. The van der Waals surface area contributed by atoms with Gasteiger partial charge in [-0.05, 0) is 73.5 Å². The SMILES string of the molecule is CCCCCOc1ccc(/C=C/C(=O)c2ccc(N=C(C)c3ccc(O)cc3O)cc2)cc1. The van der Waals surface area contributed by atoms with Crippen molar-refractivity contribution in [2.24, 2.45) is 4.99 Å². The van der Waals surface area contributed by atoms with Crippen molar-refractivity contribution in [2.45, 2.75) is 33.1 Å². The van der Waals surface area contributed by atoms with Crippen molar-refractivity contribution in [3.8, 4) is 17.2 Å². The first-order valence-corrected chi connectivity index (χ1v) is 11.1. The van der Waals surface area contributed by atoms with Crippen LogP contribution in [0.15, 0.2) is 77.8 Å². The first-order chi connectivity index (χ1) is 16.0. The fourth-order valence-corrected chi connectivity index (χ4v) is 3.27. The van der Waals surface area contributed by atoms with Crippen molar-refractivity contribution < 1.29 is 19.7 Å². The maximum absolute atomic E-state index is 12.5. The van der Waals surface area contributed by atoms with Gasteiger partial charge in [-0.1, -0.05) is 38.0 Å². The van der Waals surface area contributed by atoms with Crippen LogP contribution in [0.25, 0.3) is 6.08 Å². The number of unbranched alkanes of at least 4 members (excludes halogenated alkanes) is 2. The van der Waals surface area contributed by atoms with E-state index in [9.17, 15) is 15.0 Å². The summed E-state index contributed by atoms with van der Waals surface area (Å²) in [6.45, 7) is 4.66. The minimum atomic E-state index is -0.0988. The summed E-state index contributed by atoms with van der Waals surface area (Å²) in [5, 5.41) is 19.4. The quantitative estimate of drug-likeness (QED) is 0.158. The minimum Gasteiger partial charge on any atom is -0.508 e. The number of benzene rings is 3. The monoisotopic (exact) mass is 443 g/mol. The fourth-order valence-electron chi connectivity index (χ4n) is 3.27. The number of hydrogen-bond acceptors (Lipinski definition) is 5. The van der Waals surface area contributed by atoms with Gasteiger partial charge < -0.3 is 14.9 Å². The summed E-state index contributed by atoms with van der Waals surface area (Å²) in [6, 6.07) is 19.0. The molecule has 0 bridgehead atoms. The van der Waals surface area contributed by atoms with Gasteiger partial charge >= 0.3 is 0 Å². The van der Waals surface area contributed by atoms with Gasteiger partial charge in [-0.2, -0.15) is 0 Å². The highest BCUT2D eigenvalue weighted by molar-refractivity contribution is 6.07. The molecule has 0 aliphatic rings. The first-order valence-electron chi connectivity index (χ1n) is 11.1. The second-order valence-electron chi connectivity index (χ2n) is 7.77. The molecule has 0 saturated carbocycles. The molecular weight excluding hydrogens is 414 g/mol. The van der Waals surface area contributed by atoms with Crippen LogP contribution in [0.4, 0.5) is 5.69 Å². The topological polar surface area (TPSA) is 79.1 Å². The van der Waals surface area contributed by atoms with Gasteiger partial charge in [0.25, 0.3) is 0 Å². The number of carbonyl (C=O) groups excluding carboxylic acids is 1. The van der Waals surface area contributed by atoms with Gasteiger partial charge in [-0.15, -0.1) is 0 Å². The zero-order chi connectivity index (χ0) is 23.6. The summed E-state index contributed by atoms with van der Waals surface area (Å²) in [5.41, 5.74) is 3.29. The van der Waals surface area contributed by atoms with Gasteiger partial charge in [0.1, 0.15) is 17.2 Å². The van der Waals surface area contributed by atoms with E-state index in [4.69, 9.17) is 4.74 Å². The Balaban J connectivity index is 1.60. The summed E-state index contributed by atoms with van der Waals surface area (Å²) < 4.78 is 5.71. The summed E-state index contributed by atoms with van der Waals surface area (Å²) in [6.07, 6.45) is 6.72. The molecule has 0 radical (unpaired) electrons. The molecule has 0 fully saturated rings. The summed E-state index contributed by atoms with van der Waals surface area (Å²) in [5.74, 6) is 0.691. The van der Waals surface area contributed by atoms with Gasteiger partial charge in [0.15, 0.2) is 5.78 Å².